The smallest absolute Gasteiger partial charge is 0.310 e. The molecule has 0 atom stereocenters. The lowest BCUT2D eigenvalue weighted by Crippen LogP contribution is -2.27. The van der Waals surface area contributed by atoms with Crippen LogP contribution < -0.4 is 9.64 Å². The number of hydrogen-bond acceptors (Lipinski definition) is 3. The van der Waals surface area contributed by atoms with E-state index >= 15 is 0 Å². The Kier molecular flexibility index (Phi) is 1.56. The van der Waals surface area contributed by atoms with Crippen LogP contribution in [-0.4, -0.2) is 20.2 Å². The van der Waals surface area contributed by atoms with Gasteiger partial charge in [-0.05, 0) is 15.9 Å². The van der Waals surface area contributed by atoms with Crippen LogP contribution in [-0.2, 0) is 0 Å². The minimum atomic E-state index is 0.616. The zero-order valence-electron chi connectivity index (χ0n) is 6.13. The van der Waals surface area contributed by atoms with Crippen LogP contribution in [0.4, 0.5) is 5.69 Å². The molecule has 0 aromatic carbocycles. The maximum Gasteiger partial charge on any atom is 0.310 e. The molecule has 60 valence electrons. The quantitative estimate of drug-likeness (QED) is 0.664. The first-order chi connectivity index (χ1) is 5.27. The minimum Gasteiger partial charge on any atom is -0.462 e. The second-order valence-corrected chi connectivity index (χ2v) is 3.27. The van der Waals surface area contributed by atoms with Crippen molar-refractivity contribution in [3.63, 3.8) is 0 Å². The van der Waals surface area contributed by atoms with Gasteiger partial charge in [0.15, 0.2) is 4.67 Å². The number of nitrogens with zero attached hydrogens (tertiary/aromatic N) is 1. The molecule has 0 radical (unpaired) electrons. The molecule has 2 rings (SSSR count). The van der Waals surface area contributed by atoms with Gasteiger partial charge in [-0.25, -0.2) is 0 Å². The van der Waals surface area contributed by atoms with E-state index in [1.165, 1.54) is 0 Å². The third-order valence-electron chi connectivity index (χ3n) is 1.72. The Morgan fingerprint density at radius 1 is 1.64 bits per heavy atom. The monoisotopic (exact) mass is 217 g/mol. The second kappa shape index (κ2) is 2.44. The van der Waals surface area contributed by atoms with Crippen molar-refractivity contribution >= 4 is 21.6 Å². The van der Waals surface area contributed by atoms with Crippen LogP contribution >= 0.6 is 15.9 Å². The standard InChI is InChI=1S/C7H8BrNO2/c1-9-2-3-10-7-5(9)4-6(8)11-7/h4H,2-3H2,1H3. The van der Waals surface area contributed by atoms with E-state index in [9.17, 15) is 0 Å². The lowest BCUT2D eigenvalue weighted by Gasteiger charge is -2.22. The van der Waals surface area contributed by atoms with Crippen molar-refractivity contribution in [1.29, 1.82) is 0 Å². The fourth-order valence-electron chi connectivity index (χ4n) is 1.10. The van der Waals surface area contributed by atoms with Crippen LogP contribution in [0.25, 0.3) is 0 Å². The SMILES string of the molecule is CN1CCOc2oc(Br)cc21. The second-order valence-electron chi connectivity index (χ2n) is 2.49. The molecule has 0 saturated carbocycles. The molecule has 3 nitrogen and oxygen atoms in total. The number of rotatable bonds is 0. The van der Waals surface area contributed by atoms with Gasteiger partial charge in [0.2, 0.25) is 0 Å². The third-order valence-corrected chi connectivity index (χ3v) is 2.11. The van der Waals surface area contributed by atoms with Gasteiger partial charge in [-0.3, -0.25) is 0 Å². The summed E-state index contributed by atoms with van der Waals surface area (Å²) in [6.07, 6.45) is 0. The Balaban J connectivity index is 2.43. The van der Waals surface area contributed by atoms with Crippen LogP contribution in [0.3, 0.4) is 0 Å². The molecule has 1 aromatic rings. The van der Waals surface area contributed by atoms with Crippen LogP contribution in [0, 0.1) is 0 Å². The Hall–Kier alpha value is -0.640. The van der Waals surface area contributed by atoms with E-state index in [-0.39, 0.29) is 0 Å². The van der Waals surface area contributed by atoms with Gasteiger partial charge in [0, 0.05) is 13.1 Å². The van der Waals surface area contributed by atoms with Crippen LogP contribution in [0.5, 0.6) is 5.95 Å². The average Bonchev–Trinajstić information content (AvgIpc) is 2.31. The highest BCUT2D eigenvalue weighted by atomic mass is 79.9. The van der Waals surface area contributed by atoms with E-state index in [0.717, 1.165) is 16.9 Å². The Morgan fingerprint density at radius 2 is 2.45 bits per heavy atom. The maximum absolute atomic E-state index is 5.28. The summed E-state index contributed by atoms with van der Waals surface area (Å²) in [5, 5.41) is 0. The van der Waals surface area contributed by atoms with Gasteiger partial charge in [-0.15, -0.1) is 0 Å². The van der Waals surface area contributed by atoms with E-state index in [0.29, 0.717) is 12.6 Å². The van der Waals surface area contributed by atoms with Gasteiger partial charge in [-0.1, -0.05) is 0 Å². The maximum atomic E-state index is 5.28. The summed E-state index contributed by atoms with van der Waals surface area (Å²) in [5.41, 5.74) is 1.02. The van der Waals surface area contributed by atoms with E-state index in [1.54, 1.807) is 0 Å². The molecule has 4 heteroatoms. The fourth-order valence-corrected chi connectivity index (χ4v) is 1.47. The first-order valence-corrected chi connectivity index (χ1v) is 4.20. The van der Waals surface area contributed by atoms with Crippen molar-refractivity contribution in [3.8, 4) is 5.95 Å². The number of ether oxygens (including phenoxy) is 1. The van der Waals surface area contributed by atoms with Crippen LogP contribution in [0.2, 0.25) is 0 Å². The summed E-state index contributed by atoms with van der Waals surface area (Å²) in [6, 6.07) is 1.91. The summed E-state index contributed by atoms with van der Waals surface area (Å²) >= 11 is 3.25. The van der Waals surface area contributed by atoms with Crippen LogP contribution in [0.15, 0.2) is 15.2 Å². The van der Waals surface area contributed by atoms with E-state index in [4.69, 9.17) is 9.15 Å². The van der Waals surface area contributed by atoms with E-state index in [2.05, 4.69) is 20.8 Å². The fraction of sp³-hybridized carbons (Fsp3) is 0.429. The number of halogens is 1. The molecule has 1 aliphatic rings. The number of likely N-dealkylation sites (N-methyl/N-ethyl adjacent to an activating group) is 1. The van der Waals surface area contributed by atoms with Crippen molar-refractivity contribution in [2.45, 2.75) is 0 Å². The summed E-state index contributed by atoms with van der Waals surface area (Å²) in [7, 11) is 2.02. The van der Waals surface area contributed by atoms with Gasteiger partial charge in [-0.2, -0.15) is 0 Å². The highest BCUT2D eigenvalue weighted by Crippen LogP contribution is 2.36. The van der Waals surface area contributed by atoms with Gasteiger partial charge in [0.25, 0.3) is 0 Å². The summed E-state index contributed by atoms with van der Waals surface area (Å²) in [4.78, 5) is 2.10. The zero-order valence-corrected chi connectivity index (χ0v) is 7.72. The number of furan rings is 1. The van der Waals surface area contributed by atoms with Gasteiger partial charge in [0.05, 0.1) is 6.54 Å². The molecular weight excluding hydrogens is 210 g/mol. The predicted molar refractivity (Wildman–Crippen MR) is 45.2 cm³/mol. The highest BCUT2D eigenvalue weighted by molar-refractivity contribution is 9.10. The van der Waals surface area contributed by atoms with Gasteiger partial charge in [0.1, 0.15) is 12.3 Å². The largest absolute Gasteiger partial charge is 0.462 e. The van der Waals surface area contributed by atoms with Crippen molar-refractivity contribution in [1.82, 2.24) is 0 Å². The summed E-state index contributed by atoms with van der Waals surface area (Å²) in [6.45, 7) is 1.61. The van der Waals surface area contributed by atoms with Gasteiger partial charge < -0.3 is 14.1 Å². The normalized spacial score (nSPS) is 16.0. The highest BCUT2D eigenvalue weighted by Gasteiger charge is 2.19. The molecule has 11 heavy (non-hydrogen) atoms. The summed E-state index contributed by atoms with van der Waals surface area (Å²) in [5.74, 6) is 0.616. The lowest BCUT2D eigenvalue weighted by molar-refractivity contribution is 0.234. The summed E-state index contributed by atoms with van der Waals surface area (Å²) < 4.78 is 11.2. The molecule has 0 spiro atoms. The third kappa shape index (κ3) is 1.11. The number of hydrogen-bond donors (Lipinski definition) is 0. The average molecular weight is 218 g/mol. The Labute approximate surface area is 73.1 Å². The van der Waals surface area contributed by atoms with Gasteiger partial charge >= 0.3 is 5.95 Å². The number of anilines is 1. The molecule has 0 saturated heterocycles. The van der Waals surface area contributed by atoms with E-state index < -0.39 is 0 Å². The molecular formula is C7H8BrNO2. The van der Waals surface area contributed by atoms with Crippen molar-refractivity contribution in [3.05, 3.63) is 10.7 Å². The zero-order chi connectivity index (χ0) is 7.84. The molecule has 0 unspecified atom stereocenters. The molecule has 0 N–H and O–H groups in total. The molecule has 0 bridgehead atoms. The Bertz CT molecular complexity index is 271. The Morgan fingerprint density at radius 3 is 3.18 bits per heavy atom. The molecule has 0 aliphatic carbocycles. The van der Waals surface area contributed by atoms with E-state index in [1.807, 2.05) is 13.1 Å². The topological polar surface area (TPSA) is 25.6 Å². The first kappa shape index (κ1) is 7.03. The molecule has 1 aromatic heterocycles. The molecule has 2 heterocycles. The van der Waals surface area contributed by atoms with Crippen molar-refractivity contribution in [2.24, 2.45) is 0 Å². The van der Waals surface area contributed by atoms with Crippen molar-refractivity contribution < 1.29 is 9.15 Å². The van der Waals surface area contributed by atoms with Crippen LogP contribution in [0.1, 0.15) is 0 Å². The lowest BCUT2D eigenvalue weighted by atomic mass is 10.4. The predicted octanol–water partition coefficient (Wildman–Crippen LogP) is 1.87. The molecule has 0 amide bonds. The van der Waals surface area contributed by atoms with Crippen molar-refractivity contribution in [2.75, 3.05) is 25.1 Å². The number of fused-ring (bicyclic) bond motifs is 1. The minimum absolute atomic E-state index is 0.616. The molecule has 0 fully saturated rings. The first-order valence-electron chi connectivity index (χ1n) is 3.40. The molecule has 1 aliphatic heterocycles.